The van der Waals surface area contributed by atoms with E-state index in [1.807, 2.05) is 17.9 Å². The van der Waals surface area contributed by atoms with Crippen LogP contribution in [0, 0.1) is 19.8 Å². The van der Waals surface area contributed by atoms with Crippen molar-refractivity contribution in [2.24, 2.45) is 5.92 Å². The molecule has 28 heavy (non-hydrogen) atoms. The lowest BCUT2D eigenvalue weighted by molar-refractivity contribution is -0.123. The monoisotopic (exact) mass is 410 g/mol. The molecule has 3 rings (SSSR count). The maximum Gasteiger partial charge on any atom is 0.255 e. The van der Waals surface area contributed by atoms with Crippen molar-refractivity contribution in [1.82, 2.24) is 20.1 Å². The van der Waals surface area contributed by atoms with E-state index in [9.17, 15) is 9.59 Å². The van der Waals surface area contributed by atoms with Gasteiger partial charge in [-0.25, -0.2) is 0 Å². The summed E-state index contributed by atoms with van der Waals surface area (Å²) in [5.74, 6) is 0.571. The van der Waals surface area contributed by atoms with Gasteiger partial charge in [-0.15, -0.1) is 12.4 Å². The first kappa shape index (κ1) is 22.8. The standard InChI is InChI=1S/C21H34N4O2.ClH/c1-14(2)25-15(3)11-18(16(25)4)21(27)24-10-6-7-17(13-24)12-23-20(26)19-8-5-9-22-19;/h11,14,17,19,22H,5-10,12-13H2,1-4H3,(H,23,26);1H. The first-order valence-corrected chi connectivity index (χ1v) is 10.4. The number of nitrogens with one attached hydrogen (secondary N) is 2. The van der Waals surface area contributed by atoms with Crippen molar-refractivity contribution in [3.05, 3.63) is 23.0 Å². The van der Waals surface area contributed by atoms with E-state index in [-0.39, 0.29) is 30.3 Å². The van der Waals surface area contributed by atoms with Crippen molar-refractivity contribution < 1.29 is 9.59 Å². The van der Waals surface area contributed by atoms with Crippen LogP contribution < -0.4 is 10.6 Å². The molecule has 0 aromatic carbocycles. The number of rotatable bonds is 5. The zero-order chi connectivity index (χ0) is 19.6. The van der Waals surface area contributed by atoms with Gasteiger partial charge < -0.3 is 20.1 Å². The summed E-state index contributed by atoms with van der Waals surface area (Å²) in [4.78, 5) is 27.3. The highest BCUT2D eigenvalue weighted by Crippen LogP contribution is 2.24. The highest BCUT2D eigenvalue weighted by Gasteiger charge is 2.28. The third kappa shape index (κ3) is 4.90. The molecule has 158 valence electrons. The van der Waals surface area contributed by atoms with Gasteiger partial charge in [0.05, 0.1) is 11.6 Å². The topological polar surface area (TPSA) is 66.4 Å². The van der Waals surface area contributed by atoms with Crippen LogP contribution in [0.1, 0.15) is 67.3 Å². The Morgan fingerprint density at radius 3 is 2.61 bits per heavy atom. The molecule has 2 N–H and O–H groups in total. The molecule has 7 heteroatoms. The first-order valence-electron chi connectivity index (χ1n) is 10.4. The van der Waals surface area contributed by atoms with Crippen LogP contribution in [-0.2, 0) is 4.79 Å². The molecule has 0 spiro atoms. The minimum atomic E-state index is -0.0345. The van der Waals surface area contributed by atoms with Crippen LogP contribution in [0.25, 0.3) is 0 Å². The summed E-state index contributed by atoms with van der Waals surface area (Å²) < 4.78 is 2.23. The van der Waals surface area contributed by atoms with Crippen molar-refractivity contribution in [3.8, 4) is 0 Å². The van der Waals surface area contributed by atoms with Crippen molar-refractivity contribution in [2.45, 2.75) is 65.5 Å². The zero-order valence-corrected chi connectivity index (χ0v) is 18.4. The molecule has 0 aliphatic carbocycles. The Kier molecular flexibility index (Phi) is 7.96. The van der Waals surface area contributed by atoms with Crippen LogP contribution in [-0.4, -0.2) is 53.5 Å². The Balaban J connectivity index is 0.00000280. The Hall–Kier alpha value is -1.53. The van der Waals surface area contributed by atoms with Gasteiger partial charge in [0.15, 0.2) is 0 Å². The normalized spacial score (nSPS) is 22.2. The second-order valence-corrected chi connectivity index (χ2v) is 8.40. The number of piperidine rings is 1. The largest absolute Gasteiger partial charge is 0.354 e. The molecule has 1 aromatic rings. The van der Waals surface area contributed by atoms with E-state index in [0.29, 0.717) is 18.5 Å². The maximum atomic E-state index is 13.1. The van der Waals surface area contributed by atoms with Gasteiger partial charge in [-0.3, -0.25) is 9.59 Å². The van der Waals surface area contributed by atoms with E-state index in [4.69, 9.17) is 0 Å². The van der Waals surface area contributed by atoms with Crippen LogP contribution in [0.4, 0.5) is 0 Å². The number of amides is 2. The number of carbonyl (C=O) groups is 2. The third-order valence-electron chi connectivity index (χ3n) is 5.98. The molecule has 2 saturated heterocycles. The number of carbonyl (C=O) groups excluding carboxylic acids is 2. The Morgan fingerprint density at radius 1 is 1.25 bits per heavy atom. The second-order valence-electron chi connectivity index (χ2n) is 8.40. The fourth-order valence-corrected chi connectivity index (χ4v) is 4.65. The van der Waals surface area contributed by atoms with Crippen molar-refractivity contribution in [2.75, 3.05) is 26.2 Å². The molecule has 2 unspecified atom stereocenters. The Bertz CT molecular complexity index is 695. The smallest absolute Gasteiger partial charge is 0.255 e. The molecule has 2 fully saturated rings. The molecule has 0 bridgehead atoms. The summed E-state index contributed by atoms with van der Waals surface area (Å²) >= 11 is 0. The predicted molar refractivity (Wildman–Crippen MR) is 114 cm³/mol. The van der Waals surface area contributed by atoms with Gasteiger partial charge in [0.2, 0.25) is 5.91 Å². The van der Waals surface area contributed by atoms with Gasteiger partial charge in [-0.2, -0.15) is 0 Å². The van der Waals surface area contributed by atoms with E-state index in [1.165, 1.54) is 0 Å². The summed E-state index contributed by atoms with van der Waals surface area (Å²) in [6.45, 7) is 11.5. The first-order chi connectivity index (χ1) is 12.9. The quantitative estimate of drug-likeness (QED) is 0.784. The van der Waals surface area contributed by atoms with Gasteiger partial charge in [-0.1, -0.05) is 0 Å². The second kappa shape index (κ2) is 9.79. The van der Waals surface area contributed by atoms with Crippen molar-refractivity contribution >= 4 is 24.2 Å². The molecular formula is C21H35ClN4O2. The summed E-state index contributed by atoms with van der Waals surface area (Å²) in [7, 11) is 0. The highest BCUT2D eigenvalue weighted by molar-refractivity contribution is 5.95. The SMILES string of the molecule is Cc1cc(C(=O)N2CCCC(CNC(=O)C3CCCN3)C2)c(C)n1C(C)C.Cl. The van der Waals surface area contributed by atoms with Gasteiger partial charge in [-0.05, 0) is 71.9 Å². The van der Waals surface area contributed by atoms with Gasteiger partial charge in [0, 0.05) is 37.1 Å². The van der Waals surface area contributed by atoms with Gasteiger partial charge >= 0.3 is 0 Å². The van der Waals surface area contributed by atoms with Crippen LogP contribution >= 0.6 is 12.4 Å². The maximum absolute atomic E-state index is 13.1. The molecule has 2 atom stereocenters. The van der Waals surface area contributed by atoms with Crippen molar-refractivity contribution in [1.29, 1.82) is 0 Å². The lowest BCUT2D eigenvalue weighted by Gasteiger charge is -2.33. The fourth-order valence-electron chi connectivity index (χ4n) is 4.65. The molecule has 0 saturated carbocycles. The molecule has 3 heterocycles. The summed E-state index contributed by atoms with van der Waals surface area (Å²) in [5, 5.41) is 6.33. The average molecular weight is 411 g/mol. The molecule has 2 aliphatic heterocycles. The van der Waals surface area contributed by atoms with Crippen LogP contribution in [0.2, 0.25) is 0 Å². The van der Waals surface area contributed by atoms with E-state index in [0.717, 1.165) is 62.3 Å². The van der Waals surface area contributed by atoms with E-state index in [2.05, 4.69) is 36.0 Å². The molecule has 1 aromatic heterocycles. The number of hydrogen-bond donors (Lipinski definition) is 2. The lowest BCUT2D eigenvalue weighted by atomic mass is 9.97. The summed E-state index contributed by atoms with van der Waals surface area (Å²) in [6.07, 6.45) is 4.05. The number of likely N-dealkylation sites (tertiary alicyclic amines) is 1. The lowest BCUT2D eigenvalue weighted by Crippen LogP contribution is -2.46. The molecule has 0 radical (unpaired) electrons. The van der Waals surface area contributed by atoms with Crippen LogP contribution in [0.5, 0.6) is 0 Å². The minimum Gasteiger partial charge on any atom is -0.354 e. The number of aromatic nitrogens is 1. The van der Waals surface area contributed by atoms with E-state index >= 15 is 0 Å². The zero-order valence-electron chi connectivity index (χ0n) is 17.6. The van der Waals surface area contributed by atoms with Crippen LogP contribution in [0.15, 0.2) is 6.07 Å². The molecule has 6 nitrogen and oxygen atoms in total. The number of hydrogen-bond acceptors (Lipinski definition) is 3. The average Bonchev–Trinajstić information content (AvgIpc) is 3.27. The van der Waals surface area contributed by atoms with E-state index in [1.54, 1.807) is 0 Å². The predicted octanol–water partition coefficient (Wildman–Crippen LogP) is 2.83. The van der Waals surface area contributed by atoms with Gasteiger partial charge in [0.25, 0.3) is 5.91 Å². The number of aryl methyl sites for hydroxylation is 1. The third-order valence-corrected chi connectivity index (χ3v) is 5.98. The number of halogens is 1. The fraction of sp³-hybridized carbons (Fsp3) is 0.714. The minimum absolute atomic E-state index is 0. The molecular weight excluding hydrogens is 376 g/mol. The van der Waals surface area contributed by atoms with Crippen LogP contribution in [0.3, 0.4) is 0 Å². The Morgan fingerprint density at radius 2 is 2.00 bits per heavy atom. The van der Waals surface area contributed by atoms with E-state index < -0.39 is 0 Å². The summed E-state index contributed by atoms with van der Waals surface area (Å²) in [6, 6.07) is 2.34. The Labute approximate surface area is 174 Å². The summed E-state index contributed by atoms with van der Waals surface area (Å²) in [5.41, 5.74) is 3.01. The van der Waals surface area contributed by atoms with Gasteiger partial charge in [0.1, 0.15) is 0 Å². The highest BCUT2D eigenvalue weighted by atomic mass is 35.5. The molecule has 2 amide bonds. The van der Waals surface area contributed by atoms with Crippen molar-refractivity contribution in [3.63, 3.8) is 0 Å². The number of nitrogens with zero attached hydrogens (tertiary/aromatic N) is 2. The molecule has 2 aliphatic rings.